The first-order valence-corrected chi connectivity index (χ1v) is 5.95. The van der Waals surface area contributed by atoms with Gasteiger partial charge in [-0.15, -0.1) is 0 Å². The highest BCUT2D eigenvalue weighted by molar-refractivity contribution is 5.78. The predicted octanol–water partition coefficient (Wildman–Crippen LogP) is 1.97. The SMILES string of the molecule is CC(C)(C)OC(=O)C(N)c1ccc2c(c1)[CH]CO2. The van der Waals surface area contributed by atoms with Gasteiger partial charge in [-0.2, -0.15) is 0 Å². The molecule has 1 aliphatic rings. The zero-order valence-corrected chi connectivity index (χ0v) is 10.9. The highest BCUT2D eigenvalue weighted by atomic mass is 16.6. The molecule has 18 heavy (non-hydrogen) atoms. The summed E-state index contributed by atoms with van der Waals surface area (Å²) in [6.07, 6.45) is 1.96. The summed E-state index contributed by atoms with van der Waals surface area (Å²) in [5.41, 5.74) is 7.10. The topological polar surface area (TPSA) is 61.5 Å². The van der Waals surface area contributed by atoms with Gasteiger partial charge >= 0.3 is 5.97 Å². The van der Waals surface area contributed by atoms with E-state index in [0.717, 1.165) is 16.9 Å². The van der Waals surface area contributed by atoms with Gasteiger partial charge in [-0.25, -0.2) is 4.79 Å². The number of rotatable bonds is 2. The van der Waals surface area contributed by atoms with Crippen molar-refractivity contribution in [2.24, 2.45) is 5.73 Å². The molecule has 1 heterocycles. The highest BCUT2D eigenvalue weighted by Gasteiger charge is 2.24. The van der Waals surface area contributed by atoms with E-state index < -0.39 is 17.6 Å². The summed E-state index contributed by atoms with van der Waals surface area (Å²) in [6.45, 7) is 6.03. The van der Waals surface area contributed by atoms with E-state index in [1.807, 2.05) is 39.3 Å². The fourth-order valence-electron chi connectivity index (χ4n) is 1.77. The van der Waals surface area contributed by atoms with Crippen LogP contribution < -0.4 is 10.5 Å². The summed E-state index contributed by atoms with van der Waals surface area (Å²) < 4.78 is 10.6. The van der Waals surface area contributed by atoms with Crippen LogP contribution in [-0.4, -0.2) is 18.2 Å². The average molecular weight is 248 g/mol. The Morgan fingerprint density at radius 2 is 2.17 bits per heavy atom. The highest BCUT2D eigenvalue weighted by Crippen LogP contribution is 2.29. The molecule has 0 amide bonds. The van der Waals surface area contributed by atoms with Crippen molar-refractivity contribution < 1.29 is 14.3 Å². The Kier molecular flexibility index (Phi) is 3.30. The number of ether oxygens (including phenoxy) is 2. The fourth-order valence-corrected chi connectivity index (χ4v) is 1.77. The first kappa shape index (κ1) is 12.9. The molecule has 0 saturated carbocycles. The van der Waals surface area contributed by atoms with Crippen LogP contribution in [0.3, 0.4) is 0 Å². The van der Waals surface area contributed by atoms with Crippen LogP contribution in [0.4, 0.5) is 0 Å². The van der Waals surface area contributed by atoms with Crippen LogP contribution in [-0.2, 0) is 9.53 Å². The lowest BCUT2D eigenvalue weighted by Crippen LogP contribution is -2.31. The number of fused-ring (bicyclic) bond motifs is 1. The van der Waals surface area contributed by atoms with E-state index >= 15 is 0 Å². The summed E-state index contributed by atoms with van der Waals surface area (Å²) in [4.78, 5) is 11.9. The van der Waals surface area contributed by atoms with Crippen molar-refractivity contribution in [3.63, 3.8) is 0 Å². The lowest BCUT2D eigenvalue weighted by Gasteiger charge is -2.22. The van der Waals surface area contributed by atoms with Gasteiger partial charge in [0.25, 0.3) is 0 Å². The molecule has 1 atom stereocenters. The van der Waals surface area contributed by atoms with Crippen molar-refractivity contribution in [3.8, 4) is 5.75 Å². The van der Waals surface area contributed by atoms with Crippen molar-refractivity contribution in [1.29, 1.82) is 0 Å². The molecule has 1 aliphatic heterocycles. The first-order valence-electron chi connectivity index (χ1n) is 5.95. The molecule has 0 aromatic heterocycles. The third-order valence-electron chi connectivity index (χ3n) is 2.60. The zero-order chi connectivity index (χ0) is 13.3. The quantitative estimate of drug-likeness (QED) is 0.813. The van der Waals surface area contributed by atoms with Gasteiger partial charge in [0.05, 0.1) is 6.61 Å². The number of nitrogens with two attached hydrogens (primary N) is 1. The summed E-state index contributed by atoms with van der Waals surface area (Å²) in [5.74, 6) is 0.413. The van der Waals surface area contributed by atoms with Crippen LogP contribution in [0.5, 0.6) is 5.75 Å². The monoisotopic (exact) mass is 248 g/mol. The molecule has 1 radical (unpaired) electrons. The van der Waals surface area contributed by atoms with Gasteiger partial charge in [0.2, 0.25) is 0 Å². The van der Waals surface area contributed by atoms with E-state index in [1.165, 1.54) is 0 Å². The molecule has 4 heteroatoms. The number of hydrogen-bond acceptors (Lipinski definition) is 4. The summed E-state index contributed by atoms with van der Waals surface area (Å²) in [6, 6.07) is 4.74. The molecule has 4 nitrogen and oxygen atoms in total. The molecular formula is C14H18NO3. The molecule has 0 aliphatic carbocycles. The van der Waals surface area contributed by atoms with E-state index in [4.69, 9.17) is 15.2 Å². The molecule has 97 valence electrons. The number of esters is 1. The first-order chi connectivity index (χ1) is 8.37. The maximum Gasteiger partial charge on any atom is 0.328 e. The van der Waals surface area contributed by atoms with E-state index in [0.29, 0.717) is 6.61 Å². The van der Waals surface area contributed by atoms with E-state index in [9.17, 15) is 4.79 Å². The smallest absolute Gasteiger partial charge is 0.328 e. The Morgan fingerprint density at radius 3 is 2.83 bits per heavy atom. The minimum absolute atomic E-state index is 0.415. The Morgan fingerprint density at radius 1 is 1.44 bits per heavy atom. The molecular weight excluding hydrogens is 230 g/mol. The fraction of sp³-hybridized carbons (Fsp3) is 0.429. The molecule has 0 spiro atoms. The second-order valence-electron chi connectivity index (χ2n) is 5.32. The molecule has 0 saturated heterocycles. The van der Waals surface area contributed by atoms with Crippen molar-refractivity contribution in [3.05, 3.63) is 35.7 Å². The summed E-state index contributed by atoms with van der Waals surface area (Å²) >= 11 is 0. The number of hydrogen-bond donors (Lipinski definition) is 1. The maximum atomic E-state index is 11.9. The minimum atomic E-state index is -0.761. The third kappa shape index (κ3) is 2.82. The van der Waals surface area contributed by atoms with E-state index in [2.05, 4.69) is 0 Å². The Balaban J connectivity index is 2.14. The molecule has 2 rings (SSSR count). The van der Waals surface area contributed by atoms with Gasteiger partial charge in [-0.05, 0) is 38.5 Å². The lowest BCUT2D eigenvalue weighted by molar-refractivity contribution is -0.156. The van der Waals surface area contributed by atoms with Crippen LogP contribution in [0.15, 0.2) is 18.2 Å². The third-order valence-corrected chi connectivity index (χ3v) is 2.60. The van der Waals surface area contributed by atoms with E-state index in [1.54, 1.807) is 6.07 Å². The summed E-state index contributed by atoms with van der Waals surface area (Å²) in [7, 11) is 0. The van der Waals surface area contributed by atoms with Gasteiger partial charge in [0, 0.05) is 12.0 Å². The largest absolute Gasteiger partial charge is 0.493 e. The number of carbonyl (C=O) groups is 1. The number of benzene rings is 1. The van der Waals surface area contributed by atoms with Crippen LogP contribution in [0.25, 0.3) is 0 Å². The molecule has 1 aromatic carbocycles. The van der Waals surface area contributed by atoms with Gasteiger partial charge in [0.15, 0.2) is 0 Å². The van der Waals surface area contributed by atoms with Gasteiger partial charge in [0.1, 0.15) is 17.4 Å². The molecule has 1 aromatic rings. The summed E-state index contributed by atoms with van der Waals surface area (Å²) in [5, 5.41) is 0. The Labute approximate surface area is 107 Å². The second kappa shape index (κ2) is 4.61. The van der Waals surface area contributed by atoms with Crippen molar-refractivity contribution in [1.82, 2.24) is 0 Å². The standard InChI is InChI=1S/C14H18NO3/c1-14(2,3)18-13(16)12(15)10-4-5-11-9(8-10)6-7-17-11/h4-6,8,12H,7,15H2,1-3H3. The van der Waals surface area contributed by atoms with Gasteiger partial charge in [-0.3, -0.25) is 0 Å². The van der Waals surface area contributed by atoms with Crippen LogP contribution in [0.2, 0.25) is 0 Å². The van der Waals surface area contributed by atoms with Gasteiger partial charge < -0.3 is 15.2 Å². The average Bonchev–Trinajstić information content (AvgIpc) is 2.72. The normalized spacial score (nSPS) is 15.8. The predicted molar refractivity (Wildman–Crippen MR) is 68.1 cm³/mol. The zero-order valence-electron chi connectivity index (χ0n) is 10.9. The molecule has 0 fully saturated rings. The van der Waals surface area contributed by atoms with Crippen LogP contribution >= 0.6 is 0 Å². The maximum absolute atomic E-state index is 11.9. The Hall–Kier alpha value is -1.55. The van der Waals surface area contributed by atoms with Crippen LogP contribution in [0, 0.1) is 6.42 Å². The van der Waals surface area contributed by atoms with Crippen molar-refractivity contribution in [2.75, 3.05) is 6.61 Å². The lowest BCUT2D eigenvalue weighted by atomic mass is 10.0. The molecule has 0 bridgehead atoms. The molecule has 1 unspecified atom stereocenters. The molecule has 2 N–H and O–H groups in total. The Bertz CT molecular complexity index is 463. The van der Waals surface area contributed by atoms with Crippen molar-refractivity contribution >= 4 is 5.97 Å². The van der Waals surface area contributed by atoms with Gasteiger partial charge in [-0.1, -0.05) is 6.07 Å². The van der Waals surface area contributed by atoms with E-state index in [-0.39, 0.29) is 0 Å². The second-order valence-corrected chi connectivity index (χ2v) is 5.32. The van der Waals surface area contributed by atoms with Crippen LogP contribution in [0.1, 0.15) is 37.9 Å². The van der Waals surface area contributed by atoms with Crippen molar-refractivity contribution in [2.45, 2.75) is 32.4 Å². The minimum Gasteiger partial charge on any atom is -0.493 e. The number of carbonyl (C=O) groups excluding carboxylic acids is 1.